The van der Waals surface area contributed by atoms with Crippen molar-refractivity contribution in [2.24, 2.45) is 0 Å². The monoisotopic (exact) mass is 632 g/mol. The van der Waals surface area contributed by atoms with Crippen LogP contribution in [0.2, 0.25) is 0 Å². The van der Waals surface area contributed by atoms with E-state index in [1.807, 2.05) is 0 Å². The zero-order chi connectivity index (χ0) is 20.3. The van der Waals surface area contributed by atoms with Gasteiger partial charge in [0.2, 0.25) is 0 Å². The summed E-state index contributed by atoms with van der Waals surface area (Å²) >= 11 is 12.9. The molecule has 10 heteroatoms. The Morgan fingerprint density at radius 1 is 0.607 bits per heavy atom. The van der Waals surface area contributed by atoms with Crippen molar-refractivity contribution in [3.63, 3.8) is 0 Å². The van der Waals surface area contributed by atoms with E-state index in [0.717, 1.165) is 19.0 Å². The average Bonchev–Trinajstić information content (AvgIpc) is 3.03. The molecule has 28 heavy (non-hydrogen) atoms. The highest BCUT2D eigenvalue weighted by atomic mass is 79.9. The highest BCUT2D eigenvalue weighted by Gasteiger charge is 2.38. The molecular weight excluding hydrogens is 628 g/mol. The Hall–Kier alpha value is -1.36. The number of rotatable bonds is 3. The molecule has 0 bridgehead atoms. The number of fused-ring (bicyclic) bond motifs is 2. The van der Waals surface area contributed by atoms with E-state index in [1.165, 1.54) is 0 Å². The van der Waals surface area contributed by atoms with Crippen molar-refractivity contribution in [3.8, 4) is 0 Å². The van der Waals surface area contributed by atoms with Gasteiger partial charge in [-0.25, -0.2) is 7.85 Å². The molecule has 2 aliphatic heterocycles. The van der Waals surface area contributed by atoms with Crippen LogP contribution in [-0.2, 0) is 12.8 Å². The Kier molecular flexibility index (Phi) is 5.09. The van der Waals surface area contributed by atoms with Crippen LogP contribution in [0.25, 0.3) is 0 Å². The minimum absolute atomic E-state index is 0.336. The van der Waals surface area contributed by atoms with Gasteiger partial charge in [0, 0.05) is 8.95 Å². The second kappa shape index (κ2) is 7.16. The maximum Gasteiger partial charge on any atom is 0.272 e. The summed E-state index contributed by atoms with van der Waals surface area (Å²) in [6.45, 7) is 0. The van der Waals surface area contributed by atoms with Gasteiger partial charge in [-0.1, -0.05) is 12.1 Å². The predicted octanol–water partition coefficient (Wildman–Crippen LogP) is 4.81. The summed E-state index contributed by atoms with van der Waals surface area (Å²) in [5, 5.41) is 0. The summed E-state index contributed by atoms with van der Waals surface area (Å²) in [5.74, 6) is -1.60. The summed E-state index contributed by atoms with van der Waals surface area (Å²) in [7, 11) is 0. The Balaban J connectivity index is 1.64. The van der Waals surface area contributed by atoms with Gasteiger partial charge in [-0.3, -0.25) is 19.2 Å². The standard InChI is InChI=1S/C18H8Br4N2O4/c19-13-7(3-5-9-11(13)17(27)23(21)15(9)25)1-2-8-4-6-10-12(14(8)20)18(28)24(22)16(10)26/h3-6H,1-2H2. The highest BCUT2D eigenvalue weighted by molar-refractivity contribution is 9.11. The zero-order valence-electron chi connectivity index (χ0n) is 13.8. The van der Waals surface area contributed by atoms with Gasteiger partial charge in [0.1, 0.15) is 0 Å². The average molecular weight is 636 g/mol. The minimum atomic E-state index is -0.408. The molecule has 4 rings (SSSR count). The molecule has 0 radical (unpaired) electrons. The lowest BCUT2D eigenvalue weighted by Crippen LogP contribution is -2.17. The van der Waals surface area contributed by atoms with E-state index < -0.39 is 23.6 Å². The molecule has 4 amide bonds. The van der Waals surface area contributed by atoms with Gasteiger partial charge < -0.3 is 0 Å². The molecule has 0 aromatic heterocycles. The lowest BCUT2D eigenvalue weighted by atomic mass is 9.98. The molecule has 0 spiro atoms. The van der Waals surface area contributed by atoms with E-state index in [-0.39, 0.29) is 0 Å². The van der Waals surface area contributed by atoms with Gasteiger partial charge in [-0.15, -0.1) is 0 Å². The van der Waals surface area contributed by atoms with E-state index in [1.54, 1.807) is 24.3 Å². The van der Waals surface area contributed by atoms with Crippen LogP contribution < -0.4 is 0 Å². The first-order chi connectivity index (χ1) is 13.2. The summed E-state index contributed by atoms with van der Waals surface area (Å²) in [4.78, 5) is 48.7. The fourth-order valence-corrected chi connectivity index (χ4v) is 5.42. The molecule has 2 aromatic rings. The van der Waals surface area contributed by atoms with Crippen molar-refractivity contribution in [1.29, 1.82) is 0 Å². The molecule has 6 nitrogen and oxygen atoms in total. The van der Waals surface area contributed by atoms with Gasteiger partial charge >= 0.3 is 0 Å². The van der Waals surface area contributed by atoms with E-state index in [2.05, 4.69) is 64.2 Å². The van der Waals surface area contributed by atoms with Crippen molar-refractivity contribution in [1.82, 2.24) is 7.85 Å². The van der Waals surface area contributed by atoms with Crippen LogP contribution in [0.5, 0.6) is 0 Å². The molecule has 2 aromatic carbocycles. The number of hydrogen-bond acceptors (Lipinski definition) is 4. The van der Waals surface area contributed by atoms with Crippen molar-refractivity contribution in [2.75, 3.05) is 0 Å². The number of nitrogens with zero attached hydrogens (tertiary/aromatic N) is 2. The van der Waals surface area contributed by atoms with Crippen molar-refractivity contribution in [3.05, 3.63) is 66.6 Å². The molecule has 0 atom stereocenters. The number of aryl methyl sites for hydroxylation is 2. The first-order valence-electron chi connectivity index (χ1n) is 7.96. The molecule has 0 aliphatic carbocycles. The van der Waals surface area contributed by atoms with Crippen molar-refractivity contribution in [2.45, 2.75) is 12.8 Å². The number of carbonyl (C=O) groups is 4. The van der Waals surface area contributed by atoms with E-state index in [4.69, 9.17) is 0 Å². The third-order valence-corrected chi connectivity index (χ3v) is 7.81. The van der Waals surface area contributed by atoms with Gasteiger partial charge in [-0.2, -0.15) is 0 Å². The molecule has 2 heterocycles. The van der Waals surface area contributed by atoms with Crippen LogP contribution in [0, 0.1) is 0 Å². The highest BCUT2D eigenvalue weighted by Crippen LogP contribution is 2.36. The zero-order valence-corrected chi connectivity index (χ0v) is 20.1. The SMILES string of the molecule is O=C1c2ccc(CCc3ccc4c(c3Br)C(=O)N(Br)C4=O)c(Br)c2C(=O)N1Br. The third kappa shape index (κ3) is 2.84. The molecule has 0 unspecified atom stereocenters. The molecule has 0 saturated carbocycles. The maximum atomic E-state index is 12.3. The first-order valence-corrected chi connectivity index (χ1v) is 11.0. The number of benzene rings is 2. The fourth-order valence-electron chi connectivity index (χ4n) is 3.26. The Morgan fingerprint density at radius 2 is 0.964 bits per heavy atom. The third-order valence-electron chi connectivity index (χ3n) is 4.71. The van der Waals surface area contributed by atoms with Crippen LogP contribution >= 0.6 is 64.2 Å². The van der Waals surface area contributed by atoms with Crippen LogP contribution in [0.4, 0.5) is 0 Å². The lowest BCUT2D eigenvalue weighted by Gasteiger charge is -2.10. The first kappa shape index (κ1) is 19.9. The second-order valence-corrected chi connectivity index (χ2v) is 9.21. The summed E-state index contributed by atoms with van der Waals surface area (Å²) in [5.41, 5.74) is 3.08. The second-order valence-electron chi connectivity index (χ2n) is 6.20. The molecule has 0 fully saturated rings. The topological polar surface area (TPSA) is 74.8 Å². The number of halogens is 4. The largest absolute Gasteiger partial charge is 0.272 e. The molecule has 0 N–H and O–H groups in total. The fraction of sp³-hybridized carbons (Fsp3) is 0.111. The van der Waals surface area contributed by atoms with Crippen LogP contribution in [0.15, 0.2) is 33.2 Å². The summed E-state index contributed by atoms with van der Waals surface area (Å²) in [6, 6.07) is 6.88. The van der Waals surface area contributed by atoms with Gasteiger partial charge in [-0.05, 0) is 68.0 Å². The smallest absolute Gasteiger partial charge is 0.268 e. The molecule has 142 valence electrons. The van der Waals surface area contributed by atoms with Gasteiger partial charge in [0.25, 0.3) is 23.6 Å². The van der Waals surface area contributed by atoms with E-state index >= 15 is 0 Å². The Labute approximate surface area is 193 Å². The van der Waals surface area contributed by atoms with E-state index in [0.29, 0.717) is 44.0 Å². The Morgan fingerprint density at radius 3 is 1.32 bits per heavy atom. The van der Waals surface area contributed by atoms with Gasteiger partial charge in [0.15, 0.2) is 0 Å². The van der Waals surface area contributed by atoms with Gasteiger partial charge in [0.05, 0.1) is 54.5 Å². The van der Waals surface area contributed by atoms with Crippen molar-refractivity contribution < 1.29 is 19.2 Å². The summed E-state index contributed by atoms with van der Waals surface area (Å²) in [6.07, 6.45) is 1.13. The van der Waals surface area contributed by atoms with Crippen LogP contribution in [0.3, 0.4) is 0 Å². The normalized spacial score (nSPS) is 15.6. The van der Waals surface area contributed by atoms with E-state index in [9.17, 15) is 19.2 Å². The predicted molar refractivity (Wildman–Crippen MR) is 115 cm³/mol. The molecule has 2 aliphatic rings. The number of carbonyl (C=O) groups excluding carboxylic acids is 4. The number of amides is 4. The minimum Gasteiger partial charge on any atom is -0.268 e. The lowest BCUT2D eigenvalue weighted by molar-refractivity contribution is 0.0768. The van der Waals surface area contributed by atoms with Crippen molar-refractivity contribution >= 4 is 87.8 Å². The Bertz CT molecular complexity index is 1030. The summed E-state index contributed by atoms with van der Waals surface area (Å²) < 4.78 is 3.00. The number of hydrogen-bond donors (Lipinski definition) is 0. The number of imide groups is 2. The quantitative estimate of drug-likeness (QED) is 0.359. The molecular formula is C18H8Br4N2O4. The van der Waals surface area contributed by atoms with Crippen LogP contribution in [0.1, 0.15) is 52.6 Å². The molecule has 0 saturated heterocycles. The maximum absolute atomic E-state index is 12.3. The van der Waals surface area contributed by atoms with Crippen LogP contribution in [-0.4, -0.2) is 31.5 Å².